The van der Waals surface area contributed by atoms with Crippen LogP contribution in [0.4, 0.5) is 20.2 Å². The number of anilines is 1. The molecule has 1 heterocycles. The first-order valence-electron chi connectivity index (χ1n) is 8.66. The second-order valence-electron chi connectivity index (χ2n) is 6.46. The molecule has 0 aliphatic carbocycles. The van der Waals surface area contributed by atoms with Gasteiger partial charge in [-0.1, -0.05) is 30.3 Å². The number of methoxy groups -OCH3 is 1. The van der Waals surface area contributed by atoms with E-state index in [1.807, 2.05) is 18.2 Å². The number of ether oxygens (including phenoxy) is 1. The predicted octanol–water partition coefficient (Wildman–Crippen LogP) is 3.34. The van der Waals surface area contributed by atoms with Crippen LogP contribution in [-0.4, -0.2) is 43.1 Å². The average molecular weight is 377 g/mol. The molecule has 0 bridgehead atoms. The zero-order valence-corrected chi connectivity index (χ0v) is 15.0. The molecular weight excluding hydrogens is 356 g/mol. The summed E-state index contributed by atoms with van der Waals surface area (Å²) in [6, 6.07) is 10.7. The maximum absolute atomic E-state index is 14.6. The quantitative estimate of drug-likeness (QED) is 0.571. The lowest BCUT2D eigenvalue weighted by atomic mass is 10.1. The van der Waals surface area contributed by atoms with Crippen molar-refractivity contribution in [2.75, 3.05) is 38.2 Å². The van der Waals surface area contributed by atoms with Gasteiger partial charge < -0.3 is 9.64 Å². The van der Waals surface area contributed by atoms with Crippen molar-refractivity contribution in [2.24, 2.45) is 0 Å². The Labute approximate surface area is 156 Å². The van der Waals surface area contributed by atoms with Crippen molar-refractivity contribution in [1.82, 2.24) is 4.90 Å². The Morgan fingerprint density at radius 3 is 2.41 bits per heavy atom. The fourth-order valence-corrected chi connectivity index (χ4v) is 3.38. The highest BCUT2D eigenvalue weighted by atomic mass is 19.1. The average Bonchev–Trinajstić information content (AvgIpc) is 2.66. The van der Waals surface area contributed by atoms with E-state index >= 15 is 0 Å². The first-order valence-corrected chi connectivity index (χ1v) is 8.66. The molecule has 2 aromatic rings. The summed E-state index contributed by atoms with van der Waals surface area (Å²) in [5, 5.41) is 11.0. The van der Waals surface area contributed by atoms with Crippen LogP contribution in [0.25, 0.3) is 0 Å². The van der Waals surface area contributed by atoms with Crippen molar-refractivity contribution in [3.8, 4) is 0 Å². The fraction of sp³-hybridized carbons (Fsp3) is 0.368. The summed E-state index contributed by atoms with van der Waals surface area (Å²) in [5.41, 5.74) is 0.268. The molecule has 0 radical (unpaired) electrons. The minimum absolute atomic E-state index is 0.0549. The number of piperazine rings is 1. The summed E-state index contributed by atoms with van der Waals surface area (Å²) < 4.78 is 34.1. The molecule has 0 atom stereocenters. The van der Waals surface area contributed by atoms with Gasteiger partial charge in [0.25, 0.3) is 0 Å². The number of hydrogen-bond acceptors (Lipinski definition) is 5. The lowest BCUT2D eigenvalue weighted by molar-refractivity contribution is -0.387. The monoisotopic (exact) mass is 377 g/mol. The Bertz CT molecular complexity index is 810. The van der Waals surface area contributed by atoms with Crippen LogP contribution in [0.15, 0.2) is 36.4 Å². The van der Waals surface area contributed by atoms with Gasteiger partial charge in [-0.05, 0) is 5.56 Å². The predicted molar refractivity (Wildman–Crippen MR) is 97.7 cm³/mol. The smallest absolute Gasteiger partial charge is 0.308 e. The van der Waals surface area contributed by atoms with E-state index in [0.29, 0.717) is 32.2 Å². The van der Waals surface area contributed by atoms with Crippen molar-refractivity contribution in [1.29, 1.82) is 0 Å². The minimum Gasteiger partial charge on any atom is -0.380 e. The molecule has 1 aliphatic heterocycles. The minimum atomic E-state index is -1.04. The Hall–Kier alpha value is -2.58. The summed E-state index contributed by atoms with van der Waals surface area (Å²) in [5.74, 6) is -1.84. The second-order valence-corrected chi connectivity index (χ2v) is 6.46. The topological polar surface area (TPSA) is 58.9 Å². The Morgan fingerprint density at radius 1 is 1.15 bits per heavy atom. The zero-order chi connectivity index (χ0) is 19.4. The Balaban J connectivity index is 1.79. The van der Waals surface area contributed by atoms with E-state index in [0.717, 1.165) is 6.54 Å². The molecule has 8 heteroatoms. The summed E-state index contributed by atoms with van der Waals surface area (Å²) in [7, 11) is 1.34. The molecule has 0 N–H and O–H groups in total. The van der Waals surface area contributed by atoms with E-state index in [4.69, 9.17) is 4.74 Å². The van der Waals surface area contributed by atoms with Gasteiger partial charge in [-0.2, -0.15) is 4.39 Å². The summed E-state index contributed by atoms with van der Waals surface area (Å²) >= 11 is 0. The Kier molecular flexibility index (Phi) is 5.98. The second kappa shape index (κ2) is 8.41. The van der Waals surface area contributed by atoms with Gasteiger partial charge in [0.05, 0.1) is 23.3 Å². The molecule has 3 rings (SSSR count). The summed E-state index contributed by atoms with van der Waals surface area (Å²) in [4.78, 5) is 14.0. The van der Waals surface area contributed by atoms with Gasteiger partial charge in [-0.25, -0.2) is 4.39 Å². The van der Waals surface area contributed by atoms with Gasteiger partial charge in [0.15, 0.2) is 5.82 Å². The number of benzene rings is 2. The summed E-state index contributed by atoms with van der Waals surface area (Å²) in [6.45, 7) is 2.91. The number of hydrogen-bond donors (Lipinski definition) is 0. The van der Waals surface area contributed by atoms with E-state index in [1.165, 1.54) is 12.7 Å². The molecule has 2 aromatic carbocycles. The van der Waals surface area contributed by atoms with Gasteiger partial charge in [-0.3, -0.25) is 15.0 Å². The first-order chi connectivity index (χ1) is 13.0. The van der Waals surface area contributed by atoms with E-state index in [9.17, 15) is 18.9 Å². The molecule has 6 nitrogen and oxygen atoms in total. The lowest BCUT2D eigenvalue weighted by Crippen LogP contribution is -2.46. The SMILES string of the molecule is COCc1c(F)c([N+](=O)[O-])cc(F)c1N1CCN(Cc2ccccc2)CC1. The molecule has 144 valence electrons. The van der Waals surface area contributed by atoms with Crippen molar-refractivity contribution >= 4 is 11.4 Å². The van der Waals surface area contributed by atoms with E-state index in [2.05, 4.69) is 17.0 Å². The van der Waals surface area contributed by atoms with Crippen LogP contribution in [0.1, 0.15) is 11.1 Å². The third-order valence-corrected chi connectivity index (χ3v) is 4.69. The third-order valence-electron chi connectivity index (χ3n) is 4.69. The van der Waals surface area contributed by atoms with Gasteiger partial charge in [0.1, 0.15) is 0 Å². The largest absolute Gasteiger partial charge is 0.380 e. The first kappa shape index (κ1) is 19.2. The molecule has 1 aliphatic rings. The van der Waals surface area contributed by atoms with Gasteiger partial charge >= 0.3 is 5.69 Å². The molecule has 0 aromatic heterocycles. The van der Waals surface area contributed by atoms with Crippen molar-refractivity contribution in [3.05, 3.63) is 69.3 Å². The van der Waals surface area contributed by atoms with Gasteiger partial charge in [0.2, 0.25) is 5.82 Å². The van der Waals surface area contributed by atoms with Crippen LogP contribution >= 0.6 is 0 Å². The van der Waals surface area contributed by atoms with E-state index < -0.39 is 22.2 Å². The van der Waals surface area contributed by atoms with Gasteiger partial charge in [-0.15, -0.1) is 0 Å². The number of nitro groups is 1. The highest BCUT2D eigenvalue weighted by molar-refractivity contribution is 5.60. The lowest BCUT2D eigenvalue weighted by Gasteiger charge is -2.37. The third kappa shape index (κ3) is 4.23. The molecule has 1 fully saturated rings. The fourth-order valence-electron chi connectivity index (χ4n) is 3.38. The van der Waals surface area contributed by atoms with E-state index in [1.54, 1.807) is 4.90 Å². The van der Waals surface area contributed by atoms with Crippen molar-refractivity contribution < 1.29 is 18.4 Å². The molecule has 0 unspecified atom stereocenters. The highest BCUT2D eigenvalue weighted by Crippen LogP contribution is 2.34. The maximum Gasteiger partial charge on any atom is 0.308 e. The van der Waals surface area contributed by atoms with Crippen LogP contribution in [0, 0.1) is 21.7 Å². The number of halogens is 2. The highest BCUT2D eigenvalue weighted by Gasteiger charge is 2.29. The number of rotatable bonds is 6. The number of nitrogens with zero attached hydrogens (tertiary/aromatic N) is 3. The van der Waals surface area contributed by atoms with Crippen molar-refractivity contribution in [3.63, 3.8) is 0 Å². The summed E-state index contributed by atoms with van der Waals surface area (Å²) in [6.07, 6.45) is 0. The number of nitro benzene ring substituents is 1. The van der Waals surface area contributed by atoms with Gasteiger partial charge in [0, 0.05) is 45.4 Å². The molecular formula is C19H21F2N3O3. The van der Waals surface area contributed by atoms with E-state index in [-0.39, 0.29) is 17.9 Å². The van der Waals surface area contributed by atoms with Crippen LogP contribution in [0.3, 0.4) is 0 Å². The van der Waals surface area contributed by atoms with Crippen molar-refractivity contribution in [2.45, 2.75) is 13.2 Å². The normalized spacial score (nSPS) is 15.1. The Morgan fingerprint density at radius 2 is 1.81 bits per heavy atom. The molecule has 0 amide bonds. The zero-order valence-electron chi connectivity index (χ0n) is 15.0. The maximum atomic E-state index is 14.6. The van der Waals surface area contributed by atoms with Crippen LogP contribution < -0.4 is 4.90 Å². The molecule has 0 spiro atoms. The molecule has 1 saturated heterocycles. The van der Waals surface area contributed by atoms with Crippen LogP contribution in [-0.2, 0) is 17.9 Å². The van der Waals surface area contributed by atoms with Crippen LogP contribution in [0.2, 0.25) is 0 Å². The van der Waals surface area contributed by atoms with Crippen LogP contribution in [0.5, 0.6) is 0 Å². The molecule has 0 saturated carbocycles. The standard InChI is InChI=1S/C19H21F2N3O3/c1-27-13-15-18(21)17(24(25)26)11-16(20)19(15)23-9-7-22(8-10-23)12-14-5-3-2-4-6-14/h2-6,11H,7-10,12-13H2,1H3. The molecule has 27 heavy (non-hydrogen) atoms.